The number of amides is 1. The molecule has 12 heteroatoms. The first-order valence-electron chi connectivity index (χ1n) is 11.9. The van der Waals surface area contributed by atoms with Crippen molar-refractivity contribution < 1.29 is 23.8 Å². The van der Waals surface area contributed by atoms with Crippen LogP contribution in [0.5, 0.6) is 0 Å². The fraction of sp³-hybridized carbons (Fsp3) is 0.308. The van der Waals surface area contributed by atoms with Crippen molar-refractivity contribution in [1.29, 1.82) is 0 Å². The topological polar surface area (TPSA) is 118 Å². The molecule has 1 aliphatic heterocycles. The first kappa shape index (κ1) is 26.4. The fourth-order valence-electron chi connectivity index (χ4n) is 4.42. The number of fused-ring (bicyclic) bond motifs is 1. The summed E-state index contributed by atoms with van der Waals surface area (Å²) < 4.78 is 11.3. The summed E-state index contributed by atoms with van der Waals surface area (Å²) in [4.78, 5) is 35.9. The number of para-hydroxylation sites is 2. The number of nitrogens with one attached hydrogen (secondary N) is 1. The molecule has 0 unspecified atom stereocenters. The molecule has 0 bridgehead atoms. The summed E-state index contributed by atoms with van der Waals surface area (Å²) in [6.07, 6.45) is 2.65. The highest BCUT2D eigenvalue weighted by Crippen LogP contribution is 2.37. The first-order valence-corrected chi connectivity index (χ1v) is 13.5. The van der Waals surface area contributed by atoms with Crippen LogP contribution in [-0.4, -0.2) is 51.6 Å². The summed E-state index contributed by atoms with van der Waals surface area (Å²) in [7, 11) is 1.62. The molecule has 4 aromatic rings. The molecule has 1 fully saturated rings. The number of hydrogen-bond donors (Lipinski definition) is 2. The van der Waals surface area contributed by atoms with Crippen LogP contribution in [0.25, 0.3) is 11.1 Å². The molecule has 38 heavy (non-hydrogen) atoms. The summed E-state index contributed by atoms with van der Waals surface area (Å²) in [6, 6.07) is 10.7. The van der Waals surface area contributed by atoms with Gasteiger partial charge < -0.3 is 24.5 Å². The van der Waals surface area contributed by atoms with Gasteiger partial charge in [0.05, 0.1) is 35.7 Å². The monoisotopic (exact) mass is 574 g/mol. The Morgan fingerprint density at radius 3 is 2.84 bits per heavy atom. The van der Waals surface area contributed by atoms with E-state index < -0.39 is 5.97 Å². The number of benzene rings is 2. The van der Waals surface area contributed by atoms with Gasteiger partial charge in [0.15, 0.2) is 5.58 Å². The number of carbonyl (C=O) groups excluding carboxylic acids is 1. The number of carbonyl (C=O) groups is 2. The Kier molecular flexibility index (Phi) is 7.85. The van der Waals surface area contributed by atoms with E-state index in [4.69, 9.17) is 37.5 Å². The molecule has 1 amide bonds. The zero-order valence-electron chi connectivity index (χ0n) is 20.3. The number of aromatic nitrogens is 2. The molecular formula is C26H24Cl2N4O5S. The molecule has 0 saturated carbocycles. The number of anilines is 2. The van der Waals surface area contributed by atoms with Gasteiger partial charge in [0, 0.05) is 36.2 Å². The predicted molar refractivity (Wildman–Crippen MR) is 145 cm³/mol. The molecule has 0 spiro atoms. The maximum atomic E-state index is 13.4. The number of nitrogens with zero attached hydrogens (tertiary/aromatic N) is 3. The SMILES string of the molecule is CO[C@H]1C[C@@H](c2ncc(CCC(=O)O)s2)N(C(=O)Cc2cc(Cl)c(Nc3nc4ccccc4o3)cc2Cl)C1. The van der Waals surface area contributed by atoms with Crippen LogP contribution in [0, 0.1) is 0 Å². The molecule has 2 aromatic carbocycles. The lowest BCUT2D eigenvalue weighted by Gasteiger charge is -2.23. The molecule has 1 aliphatic rings. The zero-order chi connectivity index (χ0) is 26.8. The molecule has 2 N–H and O–H groups in total. The first-order chi connectivity index (χ1) is 18.3. The van der Waals surface area contributed by atoms with Crippen molar-refractivity contribution in [3.63, 3.8) is 0 Å². The Morgan fingerprint density at radius 1 is 1.26 bits per heavy atom. The third-order valence-electron chi connectivity index (χ3n) is 6.37. The van der Waals surface area contributed by atoms with E-state index in [0.717, 1.165) is 9.88 Å². The van der Waals surface area contributed by atoms with Gasteiger partial charge in [-0.2, -0.15) is 4.98 Å². The van der Waals surface area contributed by atoms with Gasteiger partial charge in [-0.15, -0.1) is 11.3 Å². The minimum absolute atomic E-state index is 0.0339. The molecular weight excluding hydrogens is 551 g/mol. The summed E-state index contributed by atoms with van der Waals surface area (Å²) in [5.74, 6) is -0.989. The van der Waals surface area contributed by atoms with Crippen LogP contribution in [0.2, 0.25) is 10.0 Å². The molecule has 2 atom stereocenters. The van der Waals surface area contributed by atoms with Crippen molar-refractivity contribution in [2.24, 2.45) is 0 Å². The van der Waals surface area contributed by atoms with Gasteiger partial charge in [-0.05, 0) is 36.2 Å². The van der Waals surface area contributed by atoms with E-state index in [1.165, 1.54) is 11.3 Å². The highest BCUT2D eigenvalue weighted by atomic mass is 35.5. The van der Waals surface area contributed by atoms with Crippen LogP contribution in [0.4, 0.5) is 11.7 Å². The average Bonchev–Trinajstić information content (AvgIpc) is 3.63. The van der Waals surface area contributed by atoms with Crippen LogP contribution in [0.15, 0.2) is 47.0 Å². The number of halogens is 2. The van der Waals surface area contributed by atoms with Gasteiger partial charge >= 0.3 is 5.97 Å². The molecule has 9 nitrogen and oxygen atoms in total. The van der Waals surface area contributed by atoms with Crippen molar-refractivity contribution in [3.05, 3.63) is 68.1 Å². The Morgan fingerprint density at radius 2 is 2.08 bits per heavy atom. The lowest BCUT2D eigenvalue weighted by Crippen LogP contribution is -2.33. The van der Waals surface area contributed by atoms with E-state index in [1.807, 2.05) is 24.3 Å². The van der Waals surface area contributed by atoms with E-state index >= 15 is 0 Å². The second-order valence-corrected chi connectivity index (χ2v) is 10.9. The number of oxazole rings is 1. The zero-order valence-corrected chi connectivity index (χ0v) is 22.6. The fourth-order valence-corrected chi connectivity index (χ4v) is 5.93. The van der Waals surface area contributed by atoms with E-state index in [1.54, 1.807) is 30.3 Å². The van der Waals surface area contributed by atoms with Crippen LogP contribution < -0.4 is 5.32 Å². The lowest BCUT2D eigenvalue weighted by atomic mass is 10.1. The highest BCUT2D eigenvalue weighted by Gasteiger charge is 2.38. The number of ether oxygens (including phenoxy) is 1. The van der Waals surface area contributed by atoms with Crippen molar-refractivity contribution >= 4 is 69.2 Å². The van der Waals surface area contributed by atoms with Gasteiger partial charge in [0.2, 0.25) is 5.91 Å². The van der Waals surface area contributed by atoms with Gasteiger partial charge in [0.25, 0.3) is 6.01 Å². The average molecular weight is 575 g/mol. The number of aliphatic carboxylic acids is 1. The molecule has 0 radical (unpaired) electrons. The summed E-state index contributed by atoms with van der Waals surface area (Å²) in [6.45, 7) is 0.423. The molecule has 5 rings (SSSR count). The minimum Gasteiger partial charge on any atom is -0.481 e. The van der Waals surface area contributed by atoms with Gasteiger partial charge in [0.1, 0.15) is 10.5 Å². The van der Waals surface area contributed by atoms with E-state index in [0.29, 0.717) is 51.8 Å². The Balaban J connectivity index is 1.31. The lowest BCUT2D eigenvalue weighted by molar-refractivity contribution is -0.137. The highest BCUT2D eigenvalue weighted by molar-refractivity contribution is 7.11. The van der Waals surface area contributed by atoms with Crippen LogP contribution in [0.1, 0.15) is 34.3 Å². The molecule has 198 valence electrons. The Labute approximate surface area is 232 Å². The number of methoxy groups -OCH3 is 1. The van der Waals surface area contributed by atoms with Gasteiger partial charge in [-0.1, -0.05) is 35.3 Å². The summed E-state index contributed by atoms with van der Waals surface area (Å²) in [5.41, 5.74) is 2.45. The van der Waals surface area contributed by atoms with E-state index in [2.05, 4.69) is 15.3 Å². The molecule has 3 heterocycles. The maximum Gasteiger partial charge on any atom is 0.303 e. The second kappa shape index (κ2) is 11.3. The third kappa shape index (κ3) is 5.78. The number of likely N-dealkylation sites (tertiary alicyclic amines) is 1. The van der Waals surface area contributed by atoms with Crippen molar-refractivity contribution in [1.82, 2.24) is 14.9 Å². The van der Waals surface area contributed by atoms with Crippen LogP contribution >= 0.6 is 34.5 Å². The Hall–Kier alpha value is -3.18. The number of aryl methyl sites for hydroxylation is 1. The largest absolute Gasteiger partial charge is 0.481 e. The predicted octanol–water partition coefficient (Wildman–Crippen LogP) is 5.88. The summed E-state index contributed by atoms with van der Waals surface area (Å²) in [5, 5.41) is 13.5. The minimum atomic E-state index is -0.859. The number of hydrogen-bond acceptors (Lipinski definition) is 8. The number of carboxylic acid groups (broad SMARTS) is 1. The molecule has 1 saturated heterocycles. The smallest absolute Gasteiger partial charge is 0.303 e. The van der Waals surface area contributed by atoms with Crippen molar-refractivity contribution in [3.8, 4) is 0 Å². The molecule has 0 aliphatic carbocycles. The van der Waals surface area contributed by atoms with E-state index in [-0.39, 0.29) is 36.9 Å². The van der Waals surface area contributed by atoms with Crippen molar-refractivity contribution in [2.45, 2.75) is 37.8 Å². The normalized spacial score (nSPS) is 17.3. The van der Waals surface area contributed by atoms with Gasteiger partial charge in [-0.3, -0.25) is 9.59 Å². The second-order valence-electron chi connectivity index (χ2n) is 8.93. The third-order valence-corrected chi connectivity index (χ3v) is 8.19. The van der Waals surface area contributed by atoms with Crippen molar-refractivity contribution in [2.75, 3.05) is 19.0 Å². The number of carboxylic acids is 1. The maximum absolute atomic E-state index is 13.4. The standard InChI is InChI=1S/C26H24Cl2N4O5S/c1-36-15-10-21(25-29-12-16(38-25)6-7-24(34)35)32(13-15)23(33)9-14-8-18(28)20(11-17(14)27)31-26-30-19-4-2-3-5-22(19)37-26/h2-5,8,11-12,15,21H,6-7,9-10,13H2,1H3,(H,30,31)(H,34,35)/t15-,21-/m0/s1. The number of thiazole rings is 1. The van der Waals surface area contributed by atoms with Gasteiger partial charge in [-0.25, -0.2) is 4.98 Å². The molecule has 2 aromatic heterocycles. The number of rotatable bonds is 9. The quantitative estimate of drug-likeness (QED) is 0.254. The summed E-state index contributed by atoms with van der Waals surface area (Å²) >= 11 is 14.5. The Bertz CT molecular complexity index is 1460. The van der Waals surface area contributed by atoms with Crippen LogP contribution in [0.3, 0.4) is 0 Å². The van der Waals surface area contributed by atoms with E-state index in [9.17, 15) is 9.59 Å². The van der Waals surface area contributed by atoms with Crippen LogP contribution in [-0.2, 0) is 27.2 Å².